The minimum atomic E-state index is -0.624. The van der Waals surface area contributed by atoms with Crippen molar-refractivity contribution in [1.82, 2.24) is 25.0 Å². The molecule has 0 radical (unpaired) electrons. The van der Waals surface area contributed by atoms with E-state index in [0.717, 1.165) is 16.2 Å². The Kier molecular flexibility index (Phi) is 5.29. The van der Waals surface area contributed by atoms with Crippen LogP contribution in [0.15, 0.2) is 35.5 Å². The molecule has 2 saturated heterocycles. The van der Waals surface area contributed by atoms with E-state index in [9.17, 15) is 14.0 Å². The van der Waals surface area contributed by atoms with Crippen LogP contribution in [0.1, 0.15) is 19.4 Å². The summed E-state index contributed by atoms with van der Waals surface area (Å²) in [6.45, 7) is 8.53. The van der Waals surface area contributed by atoms with Gasteiger partial charge in [0.2, 0.25) is 0 Å². The number of hydrogen-bond acceptors (Lipinski definition) is 6. The number of hydrazone groups is 1. The molecule has 0 aromatic heterocycles. The third-order valence-corrected chi connectivity index (χ3v) is 5.92. The molecule has 1 aromatic carbocycles. The van der Waals surface area contributed by atoms with Crippen LogP contribution in [0.5, 0.6) is 0 Å². The van der Waals surface area contributed by atoms with Crippen molar-refractivity contribution >= 4 is 29.3 Å². The molecule has 0 spiro atoms. The van der Waals surface area contributed by atoms with Gasteiger partial charge < -0.3 is 4.90 Å². The topological polar surface area (TPSA) is 71.5 Å². The summed E-state index contributed by atoms with van der Waals surface area (Å²) >= 11 is 6.13. The standard InChI is InChI=1S/C20H24ClFN6O2/c1-11(2)8-28-19-23-17-16(26(19)9-12(3)24-28)18(29)27(20(30)25(17)4)10-13-14(21)6-5-7-15(13)22/h5-7,16-17,19,23H,1,8-10H2,2-4H3. The van der Waals surface area contributed by atoms with Crippen molar-refractivity contribution in [2.75, 3.05) is 20.1 Å². The first-order chi connectivity index (χ1) is 14.2. The van der Waals surface area contributed by atoms with Crippen LogP contribution >= 0.6 is 11.6 Å². The minimum Gasteiger partial charge on any atom is -0.310 e. The van der Waals surface area contributed by atoms with E-state index in [0.29, 0.717) is 13.1 Å². The Balaban J connectivity index is 1.66. The highest BCUT2D eigenvalue weighted by atomic mass is 35.5. The Morgan fingerprint density at radius 1 is 1.40 bits per heavy atom. The number of carbonyl (C=O) groups excluding carboxylic acids is 2. The van der Waals surface area contributed by atoms with Gasteiger partial charge in [0.15, 0.2) is 6.29 Å². The van der Waals surface area contributed by atoms with E-state index < -0.39 is 24.1 Å². The molecule has 1 N–H and O–H groups in total. The second kappa shape index (κ2) is 7.64. The van der Waals surface area contributed by atoms with Crippen molar-refractivity contribution in [3.63, 3.8) is 0 Å². The maximum Gasteiger partial charge on any atom is 0.328 e. The molecule has 3 heterocycles. The number of benzene rings is 1. The van der Waals surface area contributed by atoms with E-state index in [1.165, 1.54) is 17.0 Å². The Hall–Kier alpha value is -2.49. The van der Waals surface area contributed by atoms with Crippen molar-refractivity contribution in [2.45, 2.75) is 38.9 Å². The molecule has 8 nitrogen and oxygen atoms in total. The van der Waals surface area contributed by atoms with E-state index in [2.05, 4.69) is 17.0 Å². The molecule has 0 bridgehead atoms. The van der Waals surface area contributed by atoms with Gasteiger partial charge in [0, 0.05) is 29.9 Å². The van der Waals surface area contributed by atoms with E-state index in [4.69, 9.17) is 11.6 Å². The van der Waals surface area contributed by atoms with Crippen molar-refractivity contribution in [3.05, 3.63) is 46.8 Å². The zero-order chi connectivity index (χ0) is 21.7. The fourth-order valence-electron chi connectivity index (χ4n) is 4.23. The number of nitrogens with zero attached hydrogens (tertiary/aromatic N) is 5. The van der Waals surface area contributed by atoms with Crippen molar-refractivity contribution in [2.24, 2.45) is 5.10 Å². The van der Waals surface area contributed by atoms with Crippen LogP contribution in [0.4, 0.5) is 9.18 Å². The van der Waals surface area contributed by atoms with Gasteiger partial charge in [0.1, 0.15) is 18.0 Å². The zero-order valence-corrected chi connectivity index (χ0v) is 17.9. The molecule has 160 valence electrons. The molecule has 3 atom stereocenters. The first kappa shape index (κ1) is 20.8. The van der Waals surface area contributed by atoms with Crippen LogP contribution in [-0.4, -0.2) is 76.0 Å². The number of amides is 3. The average molecular weight is 435 g/mol. The number of carbonyl (C=O) groups is 2. The molecule has 3 aliphatic heterocycles. The monoisotopic (exact) mass is 434 g/mol. The number of hydrogen-bond donors (Lipinski definition) is 1. The largest absolute Gasteiger partial charge is 0.328 e. The molecule has 3 unspecified atom stereocenters. The average Bonchev–Trinajstić information content (AvgIpc) is 3.05. The highest BCUT2D eigenvalue weighted by Gasteiger charge is 2.56. The van der Waals surface area contributed by atoms with Crippen LogP contribution in [0, 0.1) is 5.82 Å². The lowest BCUT2D eigenvalue weighted by Crippen LogP contribution is -2.66. The zero-order valence-electron chi connectivity index (χ0n) is 17.1. The Morgan fingerprint density at radius 3 is 2.80 bits per heavy atom. The van der Waals surface area contributed by atoms with Gasteiger partial charge in [0.05, 0.1) is 13.1 Å². The fraction of sp³-hybridized carbons (Fsp3) is 0.450. The van der Waals surface area contributed by atoms with E-state index in [-0.39, 0.29) is 29.3 Å². The number of imide groups is 1. The molecular formula is C20H24ClFN6O2. The number of halogens is 2. The summed E-state index contributed by atoms with van der Waals surface area (Å²) in [6.07, 6.45) is -0.868. The predicted octanol–water partition coefficient (Wildman–Crippen LogP) is 2.02. The number of likely N-dealkylation sites (N-methyl/N-ethyl adjacent to an activating group) is 1. The number of nitrogens with one attached hydrogen (secondary N) is 1. The number of rotatable bonds is 4. The third kappa shape index (κ3) is 3.36. The molecular weight excluding hydrogens is 411 g/mol. The van der Waals surface area contributed by atoms with Gasteiger partial charge >= 0.3 is 6.03 Å². The summed E-state index contributed by atoms with van der Waals surface area (Å²) in [5, 5.41) is 9.96. The van der Waals surface area contributed by atoms with E-state index in [1.54, 1.807) is 13.1 Å². The first-order valence-electron chi connectivity index (χ1n) is 9.67. The second-order valence-corrected chi connectivity index (χ2v) is 8.42. The fourth-order valence-corrected chi connectivity index (χ4v) is 4.46. The van der Waals surface area contributed by atoms with Crippen LogP contribution < -0.4 is 5.32 Å². The van der Waals surface area contributed by atoms with Crippen LogP contribution in [-0.2, 0) is 11.3 Å². The van der Waals surface area contributed by atoms with Crippen LogP contribution in [0.3, 0.4) is 0 Å². The quantitative estimate of drug-likeness (QED) is 0.734. The number of urea groups is 1. The molecule has 3 aliphatic rings. The van der Waals surface area contributed by atoms with Gasteiger partial charge in [-0.05, 0) is 26.0 Å². The minimum absolute atomic E-state index is 0.121. The van der Waals surface area contributed by atoms with Gasteiger partial charge in [-0.15, -0.1) is 0 Å². The predicted molar refractivity (Wildman–Crippen MR) is 111 cm³/mol. The lowest BCUT2D eigenvalue weighted by Gasteiger charge is -2.42. The van der Waals surface area contributed by atoms with Crippen LogP contribution in [0.25, 0.3) is 0 Å². The lowest BCUT2D eigenvalue weighted by atomic mass is 10.1. The Bertz CT molecular complexity index is 933. The maximum atomic E-state index is 14.3. The highest BCUT2D eigenvalue weighted by Crippen LogP contribution is 2.32. The van der Waals surface area contributed by atoms with Gasteiger partial charge in [-0.3, -0.25) is 20.0 Å². The number of fused-ring (bicyclic) bond motifs is 3. The summed E-state index contributed by atoms with van der Waals surface area (Å²) in [7, 11) is 1.63. The smallest absolute Gasteiger partial charge is 0.310 e. The second-order valence-electron chi connectivity index (χ2n) is 8.01. The molecule has 3 amide bonds. The SMILES string of the molecule is C=C(C)CN1N=C(C)CN2C3C(=O)N(Cc4c(F)cccc4Cl)C(=O)N(C)C3NC12. The van der Waals surface area contributed by atoms with Crippen LogP contribution in [0.2, 0.25) is 5.02 Å². The molecule has 0 saturated carbocycles. The highest BCUT2D eigenvalue weighted by molar-refractivity contribution is 6.31. The molecule has 0 aliphatic carbocycles. The summed E-state index contributed by atoms with van der Waals surface area (Å²) in [4.78, 5) is 31.0. The maximum absolute atomic E-state index is 14.3. The van der Waals surface area contributed by atoms with Gasteiger partial charge in [0.25, 0.3) is 5.91 Å². The van der Waals surface area contributed by atoms with E-state index in [1.807, 2.05) is 23.8 Å². The third-order valence-electron chi connectivity index (χ3n) is 5.56. The Labute approximate surface area is 179 Å². The van der Waals surface area contributed by atoms with Crippen molar-refractivity contribution < 1.29 is 14.0 Å². The van der Waals surface area contributed by atoms with Gasteiger partial charge in [-0.25, -0.2) is 14.1 Å². The molecule has 1 aromatic rings. The molecule has 10 heteroatoms. The lowest BCUT2D eigenvalue weighted by molar-refractivity contribution is -0.139. The van der Waals surface area contributed by atoms with Gasteiger partial charge in [-0.2, -0.15) is 5.10 Å². The summed E-state index contributed by atoms with van der Waals surface area (Å²) in [5.74, 6) is -0.939. The van der Waals surface area contributed by atoms with E-state index >= 15 is 0 Å². The molecule has 2 fully saturated rings. The molecule has 30 heavy (non-hydrogen) atoms. The van der Waals surface area contributed by atoms with Crippen molar-refractivity contribution in [1.29, 1.82) is 0 Å². The Morgan fingerprint density at radius 2 is 2.13 bits per heavy atom. The summed E-state index contributed by atoms with van der Waals surface area (Å²) < 4.78 is 14.3. The van der Waals surface area contributed by atoms with Crippen molar-refractivity contribution in [3.8, 4) is 0 Å². The summed E-state index contributed by atoms with van der Waals surface area (Å²) in [6, 6.07) is 3.16. The normalized spacial score (nSPS) is 26.6. The first-order valence-corrected chi connectivity index (χ1v) is 10.0. The molecule has 4 rings (SSSR count). The van der Waals surface area contributed by atoms with Gasteiger partial charge in [-0.1, -0.05) is 29.8 Å². The summed E-state index contributed by atoms with van der Waals surface area (Å²) in [5.41, 5.74) is 1.90.